The molecule has 6 heterocycles. The monoisotopic (exact) mass is 1190 g/mol. The Balaban J connectivity index is 0.000000205. The summed E-state index contributed by atoms with van der Waals surface area (Å²) in [4.78, 5) is 67.8. The van der Waals surface area contributed by atoms with Gasteiger partial charge in [0.15, 0.2) is 11.6 Å². The van der Waals surface area contributed by atoms with E-state index in [1.165, 1.54) is 49.3 Å². The first-order chi connectivity index (χ1) is 41.0. The van der Waals surface area contributed by atoms with Crippen LogP contribution in [0.3, 0.4) is 0 Å². The van der Waals surface area contributed by atoms with Gasteiger partial charge in [-0.25, -0.2) is 38.7 Å². The first kappa shape index (κ1) is 60.9. The van der Waals surface area contributed by atoms with E-state index in [0.29, 0.717) is 47.5 Å². The predicted octanol–water partition coefficient (Wildman–Crippen LogP) is 10.6. The molecule has 8 aromatic rings. The van der Waals surface area contributed by atoms with Crippen molar-refractivity contribution in [1.82, 2.24) is 49.7 Å². The highest BCUT2D eigenvalue weighted by Crippen LogP contribution is 2.40. The Bertz CT molecular complexity index is 3510. The molecule has 2 saturated heterocycles. The minimum absolute atomic E-state index is 0.0349. The molecule has 28 heteroatoms. The highest BCUT2D eigenvalue weighted by molar-refractivity contribution is 6.07. The number of nitrogens with one attached hydrogen (secondary N) is 4. The largest absolute Gasteiger partial charge is 0.438 e. The number of anilines is 6. The summed E-state index contributed by atoms with van der Waals surface area (Å²) in [5, 5.41) is 10.7. The smallest absolute Gasteiger partial charge is 0.416 e. The molecular weight excluding hydrogens is 1140 g/mol. The van der Waals surface area contributed by atoms with Gasteiger partial charge in [0.2, 0.25) is 23.7 Å². The van der Waals surface area contributed by atoms with Crippen LogP contribution in [0.25, 0.3) is 22.8 Å². The van der Waals surface area contributed by atoms with Crippen LogP contribution in [0.5, 0.6) is 23.3 Å². The molecule has 86 heavy (non-hydrogen) atoms. The zero-order valence-corrected chi connectivity index (χ0v) is 47.0. The second kappa shape index (κ2) is 26.1. The molecule has 2 aliphatic rings. The van der Waals surface area contributed by atoms with E-state index in [2.05, 4.69) is 70.9 Å². The Morgan fingerprint density at radius 3 is 1.33 bits per heavy atom. The number of likely N-dealkylation sites (tertiary alicyclic amines) is 2. The molecular formula is C58H56F8N16O4. The van der Waals surface area contributed by atoms with Crippen molar-refractivity contribution in [2.24, 2.45) is 0 Å². The Kier molecular flexibility index (Phi) is 18.4. The molecule has 4 N–H and O–H groups in total. The Labute approximate surface area is 487 Å². The minimum Gasteiger partial charge on any atom is -0.438 e. The summed E-state index contributed by atoms with van der Waals surface area (Å²) in [6.45, 7) is 3.11. The van der Waals surface area contributed by atoms with Crippen molar-refractivity contribution in [2.45, 2.75) is 37.3 Å². The number of ether oxygens (including phenoxy) is 2. The first-order valence-electron chi connectivity index (χ1n) is 26.5. The van der Waals surface area contributed by atoms with Crippen molar-refractivity contribution < 1.29 is 54.2 Å². The van der Waals surface area contributed by atoms with Crippen molar-refractivity contribution in [3.8, 4) is 46.0 Å². The number of hydrogen-bond donors (Lipinski definition) is 4. The highest BCUT2D eigenvalue weighted by Gasteiger charge is 2.35. The summed E-state index contributed by atoms with van der Waals surface area (Å²) < 4.78 is 123. The molecule has 2 atom stereocenters. The van der Waals surface area contributed by atoms with Crippen molar-refractivity contribution in [3.05, 3.63) is 156 Å². The standard InChI is InChI=1S/2C29H28F4N8O2/c2*1-34-28-37-16-36-25(39-28)22-5-4-9-35-27(22)43-21-12-17(11-19(30)14-21)26(42)38-23-13-18(29(31,32)33)6-7-24(23)41(3)20-8-10-40(2)15-20/h2*4-7,9,11-14,16,20H,8,10,15H2,1-3H3,(H,38,42)(H,34,36,37,39)/t2*20-/m10/s1. The number of halogens is 8. The second-order valence-corrected chi connectivity index (χ2v) is 20.0. The van der Waals surface area contributed by atoms with E-state index in [0.717, 1.165) is 74.5 Å². The van der Waals surface area contributed by atoms with Crippen molar-refractivity contribution in [3.63, 3.8) is 0 Å². The van der Waals surface area contributed by atoms with Crippen LogP contribution in [0.1, 0.15) is 44.7 Å². The fourth-order valence-corrected chi connectivity index (χ4v) is 9.58. The van der Waals surface area contributed by atoms with E-state index in [9.17, 15) is 44.7 Å². The third-order valence-corrected chi connectivity index (χ3v) is 14.0. The van der Waals surface area contributed by atoms with Crippen molar-refractivity contribution in [2.75, 3.05) is 99.5 Å². The van der Waals surface area contributed by atoms with Gasteiger partial charge in [-0.15, -0.1) is 0 Å². The summed E-state index contributed by atoms with van der Waals surface area (Å²) >= 11 is 0. The van der Waals surface area contributed by atoms with Gasteiger partial charge in [0.25, 0.3) is 11.8 Å². The minimum atomic E-state index is -4.63. The molecule has 2 fully saturated rings. The summed E-state index contributed by atoms with van der Waals surface area (Å²) in [6.07, 6.45) is -2.11. The van der Waals surface area contributed by atoms with Gasteiger partial charge >= 0.3 is 12.4 Å². The molecule has 0 unspecified atom stereocenters. The summed E-state index contributed by atoms with van der Waals surface area (Å²) in [5.74, 6) is -2.19. The van der Waals surface area contributed by atoms with Crippen LogP contribution in [-0.2, 0) is 12.4 Å². The van der Waals surface area contributed by atoms with Crippen LogP contribution in [-0.4, -0.2) is 142 Å². The SMILES string of the molecule is CNc1ncnc(-c2cccnc2Oc2cc(F)cc(C(=O)Nc3cc(C(F)(F)F)ccc3N(C)[C@@H]3CCN(C)C3)c2)n1.CNc1ncnc(-c2cccnc2Oc2cc(F)cc(C(=O)Nc3cc(C(F)(F)F)ccc3N(C)[C@H]3CCN(C)C3)c2)n1. The van der Waals surface area contributed by atoms with E-state index in [4.69, 9.17) is 9.47 Å². The lowest BCUT2D eigenvalue weighted by Crippen LogP contribution is -2.34. The van der Waals surface area contributed by atoms with Crippen LogP contribution in [0.2, 0.25) is 0 Å². The average Bonchev–Trinajstić information content (AvgIpc) is 3.82. The van der Waals surface area contributed by atoms with Crippen LogP contribution in [0, 0.1) is 11.6 Å². The summed E-state index contributed by atoms with van der Waals surface area (Å²) in [5.41, 5.74) is -0.706. The predicted molar refractivity (Wildman–Crippen MR) is 306 cm³/mol. The first-order valence-corrected chi connectivity index (χ1v) is 26.5. The fraction of sp³-hybridized carbons (Fsp3) is 0.276. The molecule has 2 amide bonds. The Morgan fingerprint density at radius 2 is 0.965 bits per heavy atom. The number of rotatable bonds is 16. The maximum atomic E-state index is 14.7. The number of carbonyl (C=O) groups is 2. The lowest BCUT2D eigenvalue weighted by molar-refractivity contribution is -0.138. The number of hydrogen-bond acceptors (Lipinski definition) is 18. The number of alkyl halides is 6. The molecule has 4 aromatic heterocycles. The zero-order chi connectivity index (χ0) is 61.5. The third-order valence-electron chi connectivity index (χ3n) is 14.0. The number of amides is 2. The van der Waals surface area contributed by atoms with Crippen LogP contribution in [0.15, 0.2) is 122 Å². The lowest BCUT2D eigenvalue weighted by Gasteiger charge is -2.29. The molecule has 4 aromatic carbocycles. The molecule has 0 aliphatic carbocycles. The van der Waals surface area contributed by atoms with Gasteiger partial charge in [0.05, 0.1) is 45.0 Å². The molecule has 2 aliphatic heterocycles. The molecule has 448 valence electrons. The fourth-order valence-electron chi connectivity index (χ4n) is 9.58. The van der Waals surface area contributed by atoms with Gasteiger partial charge < -0.3 is 50.3 Å². The number of pyridine rings is 2. The van der Waals surface area contributed by atoms with E-state index in [-0.39, 0.29) is 69.5 Å². The number of aromatic nitrogens is 8. The van der Waals surface area contributed by atoms with Gasteiger partial charge in [-0.05, 0) is 125 Å². The van der Waals surface area contributed by atoms with Crippen LogP contribution < -0.4 is 40.5 Å². The molecule has 0 spiro atoms. The maximum absolute atomic E-state index is 14.7. The number of likely N-dealkylation sites (N-methyl/N-ethyl adjacent to an activating group) is 4. The molecule has 10 rings (SSSR count). The summed E-state index contributed by atoms with van der Waals surface area (Å²) in [7, 11) is 10.8. The van der Waals surface area contributed by atoms with Gasteiger partial charge in [-0.1, -0.05) is 0 Å². The quantitative estimate of drug-likeness (QED) is 0.0662. The zero-order valence-electron chi connectivity index (χ0n) is 47.0. The average molecular weight is 1190 g/mol. The maximum Gasteiger partial charge on any atom is 0.416 e. The van der Waals surface area contributed by atoms with Gasteiger partial charge in [-0.2, -0.15) is 36.3 Å². The second-order valence-electron chi connectivity index (χ2n) is 20.0. The molecule has 0 radical (unpaired) electrons. The van der Waals surface area contributed by atoms with Gasteiger partial charge in [-0.3, -0.25) is 9.59 Å². The van der Waals surface area contributed by atoms with E-state index < -0.39 is 46.9 Å². The Hall–Kier alpha value is -9.70. The summed E-state index contributed by atoms with van der Waals surface area (Å²) in [6, 6.07) is 19.6. The number of carbonyl (C=O) groups excluding carboxylic acids is 2. The molecule has 0 bridgehead atoms. The van der Waals surface area contributed by atoms with Gasteiger partial charge in [0.1, 0.15) is 35.8 Å². The number of benzene rings is 4. The lowest BCUT2D eigenvalue weighted by atomic mass is 10.1. The normalized spacial score (nSPS) is 15.3. The topological polar surface area (TPSA) is 217 Å². The van der Waals surface area contributed by atoms with E-state index >= 15 is 0 Å². The highest BCUT2D eigenvalue weighted by atomic mass is 19.4. The Morgan fingerprint density at radius 1 is 0.558 bits per heavy atom. The van der Waals surface area contributed by atoms with Crippen molar-refractivity contribution in [1.29, 1.82) is 0 Å². The van der Waals surface area contributed by atoms with E-state index in [1.54, 1.807) is 52.5 Å². The van der Waals surface area contributed by atoms with Crippen LogP contribution in [0.4, 0.5) is 69.8 Å². The number of nitrogens with zero attached hydrogens (tertiary/aromatic N) is 12. The molecule has 0 saturated carbocycles. The van der Waals surface area contributed by atoms with Gasteiger partial charge in [0, 0.05) is 89.0 Å². The third kappa shape index (κ3) is 14.8. The van der Waals surface area contributed by atoms with Crippen LogP contribution >= 0.6 is 0 Å². The molecule has 20 nitrogen and oxygen atoms in total. The van der Waals surface area contributed by atoms with E-state index in [1.807, 2.05) is 23.9 Å². The van der Waals surface area contributed by atoms with Crippen molar-refractivity contribution >= 4 is 46.5 Å².